The van der Waals surface area contributed by atoms with Crippen LogP contribution in [0, 0.1) is 13.8 Å². The van der Waals surface area contributed by atoms with Gasteiger partial charge in [-0.2, -0.15) is 5.10 Å². The Labute approximate surface area is 74.1 Å². The molecule has 0 aromatic carbocycles. The van der Waals surface area contributed by atoms with Gasteiger partial charge in [0.05, 0.1) is 12.3 Å². The van der Waals surface area contributed by atoms with E-state index in [1.54, 1.807) is 7.11 Å². The Bertz CT molecular complexity index is 199. The van der Waals surface area contributed by atoms with Crippen LogP contribution < -0.4 is 0 Å². The molecule has 0 aliphatic rings. The van der Waals surface area contributed by atoms with Gasteiger partial charge in [-0.15, -0.1) is 0 Å². The minimum atomic E-state index is 0.647. The summed E-state index contributed by atoms with van der Waals surface area (Å²) in [7, 11) is 1.69. The second-order valence-electron chi connectivity index (χ2n) is 2.35. The third-order valence-electron chi connectivity index (χ3n) is 1.57. The Balaban J connectivity index is 0.000000561. The Morgan fingerprint density at radius 1 is 1.33 bits per heavy atom. The second-order valence-corrected chi connectivity index (χ2v) is 2.35. The Morgan fingerprint density at radius 3 is 2.25 bits per heavy atom. The lowest BCUT2D eigenvalue weighted by atomic mass is 10.2. The number of hydrogen-bond acceptors (Lipinski definition) is 2. The summed E-state index contributed by atoms with van der Waals surface area (Å²) in [6.45, 7) is 8.61. The third-order valence-corrected chi connectivity index (χ3v) is 1.57. The van der Waals surface area contributed by atoms with Crippen LogP contribution in [0.15, 0.2) is 0 Å². The number of aromatic amines is 1. The monoisotopic (exact) mass is 170 g/mol. The summed E-state index contributed by atoms with van der Waals surface area (Å²) in [4.78, 5) is 0. The first-order chi connectivity index (χ1) is 5.75. The predicted molar refractivity (Wildman–Crippen MR) is 50.1 cm³/mol. The molecule has 3 nitrogen and oxygen atoms in total. The SMILES string of the molecule is CC.COCc1c(C)n[nH]c1C. The zero-order chi connectivity index (χ0) is 9.56. The molecular weight excluding hydrogens is 152 g/mol. The van der Waals surface area contributed by atoms with Crippen molar-refractivity contribution in [3.63, 3.8) is 0 Å². The first-order valence-corrected chi connectivity index (χ1v) is 4.25. The van der Waals surface area contributed by atoms with Crippen LogP contribution in [0.2, 0.25) is 0 Å². The summed E-state index contributed by atoms with van der Waals surface area (Å²) in [5, 5.41) is 6.92. The van der Waals surface area contributed by atoms with Gasteiger partial charge in [-0.1, -0.05) is 13.8 Å². The van der Waals surface area contributed by atoms with E-state index < -0.39 is 0 Å². The standard InChI is InChI=1S/C7H12N2O.C2H6/c1-5-7(4-10-3)6(2)9-8-5;1-2/h4H2,1-3H3,(H,8,9);1-2H3. The molecule has 0 atom stereocenters. The fourth-order valence-electron chi connectivity index (χ4n) is 0.931. The molecule has 0 bridgehead atoms. The lowest BCUT2D eigenvalue weighted by Crippen LogP contribution is -1.90. The van der Waals surface area contributed by atoms with Gasteiger partial charge in [0, 0.05) is 18.4 Å². The maximum atomic E-state index is 4.99. The zero-order valence-corrected chi connectivity index (χ0v) is 8.56. The highest BCUT2D eigenvalue weighted by molar-refractivity contribution is 5.21. The van der Waals surface area contributed by atoms with Crippen molar-refractivity contribution in [3.8, 4) is 0 Å². The number of aromatic nitrogens is 2. The molecule has 0 aliphatic carbocycles. The van der Waals surface area contributed by atoms with Gasteiger partial charge < -0.3 is 4.74 Å². The topological polar surface area (TPSA) is 37.9 Å². The van der Waals surface area contributed by atoms with Crippen molar-refractivity contribution in [3.05, 3.63) is 17.0 Å². The van der Waals surface area contributed by atoms with E-state index in [1.807, 2.05) is 27.7 Å². The van der Waals surface area contributed by atoms with Crippen molar-refractivity contribution >= 4 is 0 Å². The molecule has 12 heavy (non-hydrogen) atoms. The van der Waals surface area contributed by atoms with Crippen molar-refractivity contribution in [2.24, 2.45) is 0 Å². The summed E-state index contributed by atoms with van der Waals surface area (Å²) in [6.07, 6.45) is 0. The summed E-state index contributed by atoms with van der Waals surface area (Å²) in [6, 6.07) is 0. The summed E-state index contributed by atoms with van der Waals surface area (Å²) in [5.41, 5.74) is 3.29. The smallest absolute Gasteiger partial charge is 0.0749 e. The molecule has 0 aliphatic heterocycles. The van der Waals surface area contributed by atoms with Crippen molar-refractivity contribution in [1.82, 2.24) is 10.2 Å². The fraction of sp³-hybridized carbons (Fsp3) is 0.667. The van der Waals surface area contributed by atoms with Crippen LogP contribution in [0.1, 0.15) is 30.8 Å². The van der Waals surface area contributed by atoms with Crippen molar-refractivity contribution in [2.45, 2.75) is 34.3 Å². The third kappa shape index (κ3) is 2.66. The van der Waals surface area contributed by atoms with Gasteiger partial charge in [0.1, 0.15) is 0 Å². The molecule has 3 heteroatoms. The van der Waals surface area contributed by atoms with Crippen LogP contribution in [-0.4, -0.2) is 17.3 Å². The van der Waals surface area contributed by atoms with Crippen LogP contribution >= 0.6 is 0 Å². The van der Waals surface area contributed by atoms with Gasteiger partial charge in [0.2, 0.25) is 0 Å². The van der Waals surface area contributed by atoms with Gasteiger partial charge >= 0.3 is 0 Å². The van der Waals surface area contributed by atoms with Crippen LogP contribution in [0.4, 0.5) is 0 Å². The minimum absolute atomic E-state index is 0.647. The summed E-state index contributed by atoms with van der Waals surface area (Å²) < 4.78 is 4.99. The van der Waals surface area contributed by atoms with Crippen molar-refractivity contribution < 1.29 is 4.74 Å². The van der Waals surface area contributed by atoms with Crippen LogP contribution in [-0.2, 0) is 11.3 Å². The maximum absolute atomic E-state index is 4.99. The number of rotatable bonds is 2. The molecule has 1 aromatic rings. The molecule has 0 saturated carbocycles. The van der Waals surface area contributed by atoms with Gasteiger partial charge in [0.15, 0.2) is 0 Å². The van der Waals surface area contributed by atoms with E-state index in [2.05, 4.69) is 10.2 Å². The molecule has 0 amide bonds. The largest absolute Gasteiger partial charge is 0.380 e. The van der Waals surface area contributed by atoms with E-state index >= 15 is 0 Å². The molecular formula is C9H18N2O. The fourth-order valence-corrected chi connectivity index (χ4v) is 0.931. The molecule has 1 heterocycles. The number of hydrogen-bond donors (Lipinski definition) is 1. The molecule has 1 aromatic heterocycles. The highest BCUT2D eigenvalue weighted by Gasteiger charge is 2.03. The Hall–Kier alpha value is -0.830. The molecule has 0 saturated heterocycles. The quantitative estimate of drug-likeness (QED) is 0.738. The molecule has 1 N–H and O–H groups in total. The van der Waals surface area contributed by atoms with Gasteiger partial charge in [0.25, 0.3) is 0 Å². The average Bonchev–Trinajstić information content (AvgIpc) is 2.40. The number of methoxy groups -OCH3 is 1. The first kappa shape index (κ1) is 11.2. The number of nitrogens with one attached hydrogen (secondary N) is 1. The van der Waals surface area contributed by atoms with Crippen LogP contribution in [0.25, 0.3) is 0 Å². The van der Waals surface area contributed by atoms with E-state index in [1.165, 1.54) is 5.56 Å². The van der Waals surface area contributed by atoms with Gasteiger partial charge in [-0.05, 0) is 13.8 Å². The molecule has 0 spiro atoms. The summed E-state index contributed by atoms with van der Waals surface area (Å²) >= 11 is 0. The highest BCUT2D eigenvalue weighted by Crippen LogP contribution is 2.09. The molecule has 0 radical (unpaired) electrons. The zero-order valence-electron chi connectivity index (χ0n) is 8.56. The van der Waals surface area contributed by atoms with E-state index in [-0.39, 0.29) is 0 Å². The molecule has 1 rings (SSSR count). The maximum Gasteiger partial charge on any atom is 0.0749 e. The number of ether oxygens (including phenoxy) is 1. The molecule has 0 fully saturated rings. The normalized spacial score (nSPS) is 9.08. The second kappa shape index (κ2) is 5.77. The van der Waals surface area contributed by atoms with Crippen LogP contribution in [0.5, 0.6) is 0 Å². The number of nitrogens with zero attached hydrogens (tertiary/aromatic N) is 1. The Morgan fingerprint density at radius 2 is 1.92 bits per heavy atom. The van der Waals surface area contributed by atoms with Gasteiger partial charge in [-0.3, -0.25) is 5.10 Å². The van der Waals surface area contributed by atoms with Crippen molar-refractivity contribution in [2.75, 3.05) is 7.11 Å². The minimum Gasteiger partial charge on any atom is -0.380 e. The van der Waals surface area contributed by atoms with E-state index in [0.717, 1.165) is 11.4 Å². The van der Waals surface area contributed by atoms with Crippen molar-refractivity contribution in [1.29, 1.82) is 0 Å². The Kier molecular flexibility index (Phi) is 5.37. The number of H-pyrrole nitrogens is 1. The van der Waals surface area contributed by atoms with Crippen LogP contribution in [0.3, 0.4) is 0 Å². The molecule has 0 unspecified atom stereocenters. The molecule has 70 valence electrons. The van der Waals surface area contributed by atoms with Gasteiger partial charge in [-0.25, -0.2) is 0 Å². The predicted octanol–water partition coefficient (Wildman–Crippen LogP) is 2.20. The average molecular weight is 170 g/mol. The van der Waals surface area contributed by atoms with E-state index in [9.17, 15) is 0 Å². The number of aryl methyl sites for hydroxylation is 2. The highest BCUT2D eigenvalue weighted by atomic mass is 16.5. The first-order valence-electron chi connectivity index (χ1n) is 4.25. The lowest BCUT2D eigenvalue weighted by Gasteiger charge is -1.96. The van der Waals surface area contributed by atoms with E-state index in [4.69, 9.17) is 4.74 Å². The lowest BCUT2D eigenvalue weighted by molar-refractivity contribution is 0.184. The summed E-state index contributed by atoms with van der Waals surface area (Å²) in [5.74, 6) is 0. The van der Waals surface area contributed by atoms with E-state index in [0.29, 0.717) is 6.61 Å².